The van der Waals surface area contributed by atoms with Gasteiger partial charge in [0, 0.05) is 31.9 Å². The van der Waals surface area contributed by atoms with Gasteiger partial charge in [-0.3, -0.25) is 9.69 Å². The van der Waals surface area contributed by atoms with E-state index in [2.05, 4.69) is 45.6 Å². The van der Waals surface area contributed by atoms with Gasteiger partial charge in [-0.05, 0) is 19.0 Å². The number of rotatable bonds is 2. The van der Waals surface area contributed by atoms with Crippen LogP contribution in [0.15, 0.2) is 23.4 Å². The molecule has 0 bridgehead atoms. The second kappa shape index (κ2) is 5.44. The van der Waals surface area contributed by atoms with Crippen LogP contribution in [0.25, 0.3) is 10.9 Å². The Labute approximate surface area is 123 Å². The van der Waals surface area contributed by atoms with Gasteiger partial charge in [0.05, 0.1) is 11.7 Å². The van der Waals surface area contributed by atoms with Gasteiger partial charge in [-0.15, -0.1) is 0 Å². The van der Waals surface area contributed by atoms with E-state index in [0.717, 1.165) is 25.5 Å². The minimum atomic E-state index is -0.113. The summed E-state index contributed by atoms with van der Waals surface area (Å²) in [5, 5.41) is 0.600. The molecule has 112 valence electrons. The number of hydrogen-bond acceptors (Lipinski definition) is 5. The Morgan fingerprint density at radius 3 is 2.90 bits per heavy atom. The number of nitrogens with zero attached hydrogens (tertiary/aromatic N) is 4. The highest BCUT2D eigenvalue weighted by molar-refractivity contribution is 5.87. The van der Waals surface area contributed by atoms with E-state index in [0.29, 0.717) is 22.9 Å². The number of nitrogens with one attached hydrogen (secondary N) is 1. The summed E-state index contributed by atoms with van der Waals surface area (Å²) in [6, 6.07) is 2.21. The van der Waals surface area contributed by atoms with Gasteiger partial charge in [0.2, 0.25) is 0 Å². The first-order valence-electron chi connectivity index (χ1n) is 7.35. The van der Waals surface area contributed by atoms with E-state index in [4.69, 9.17) is 0 Å². The lowest BCUT2D eigenvalue weighted by Crippen LogP contribution is -2.53. The predicted molar refractivity (Wildman–Crippen MR) is 83.6 cm³/mol. The van der Waals surface area contributed by atoms with Crippen molar-refractivity contribution in [1.82, 2.24) is 19.9 Å². The predicted octanol–water partition coefficient (Wildman–Crippen LogP) is 1.09. The number of fused-ring (bicyclic) bond motifs is 1. The van der Waals surface area contributed by atoms with Crippen molar-refractivity contribution >= 4 is 16.7 Å². The summed E-state index contributed by atoms with van der Waals surface area (Å²) in [6.45, 7) is 7.29. The molecule has 0 saturated carbocycles. The van der Waals surface area contributed by atoms with Crippen LogP contribution in [0.5, 0.6) is 0 Å². The van der Waals surface area contributed by atoms with E-state index in [1.54, 1.807) is 12.3 Å². The van der Waals surface area contributed by atoms with Gasteiger partial charge in [0.15, 0.2) is 5.82 Å². The first-order valence-corrected chi connectivity index (χ1v) is 7.35. The van der Waals surface area contributed by atoms with Gasteiger partial charge in [0.1, 0.15) is 5.52 Å². The van der Waals surface area contributed by atoms with E-state index < -0.39 is 0 Å². The highest BCUT2D eigenvalue weighted by atomic mass is 16.1. The number of aromatic amines is 1. The second-order valence-corrected chi connectivity index (χ2v) is 6.00. The van der Waals surface area contributed by atoms with Crippen LogP contribution in [-0.4, -0.2) is 52.6 Å². The molecule has 21 heavy (non-hydrogen) atoms. The van der Waals surface area contributed by atoms with Gasteiger partial charge >= 0.3 is 0 Å². The normalized spacial score (nSPS) is 20.4. The Morgan fingerprint density at radius 2 is 2.14 bits per heavy atom. The number of aromatic nitrogens is 3. The van der Waals surface area contributed by atoms with Gasteiger partial charge in [-0.1, -0.05) is 13.8 Å². The fourth-order valence-corrected chi connectivity index (χ4v) is 3.03. The third-order valence-electron chi connectivity index (χ3n) is 4.30. The monoisotopic (exact) mass is 287 g/mol. The number of H-pyrrole nitrogens is 1. The van der Waals surface area contributed by atoms with Crippen LogP contribution >= 0.6 is 0 Å². The number of anilines is 1. The highest BCUT2D eigenvalue weighted by Gasteiger charge is 2.28. The van der Waals surface area contributed by atoms with Crippen molar-refractivity contribution in [2.45, 2.75) is 19.9 Å². The van der Waals surface area contributed by atoms with Crippen LogP contribution in [0.2, 0.25) is 0 Å². The fourth-order valence-electron chi connectivity index (χ4n) is 3.03. The molecule has 2 aromatic heterocycles. The van der Waals surface area contributed by atoms with Crippen molar-refractivity contribution in [3.63, 3.8) is 0 Å². The van der Waals surface area contributed by atoms with Crippen LogP contribution in [0.3, 0.4) is 0 Å². The lowest BCUT2D eigenvalue weighted by Gasteiger charge is -2.42. The first kappa shape index (κ1) is 14.0. The zero-order chi connectivity index (χ0) is 15.0. The summed E-state index contributed by atoms with van der Waals surface area (Å²) in [6.07, 6.45) is 3.14. The van der Waals surface area contributed by atoms with E-state index >= 15 is 0 Å². The third kappa shape index (κ3) is 2.51. The minimum absolute atomic E-state index is 0.113. The van der Waals surface area contributed by atoms with E-state index in [-0.39, 0.29) is 5.56 Å². The lowest BCUT2D eigenvalue weighted by molar-refractivity contribution is 0.173. The summed E-state index contributed by atoms with van der Waals surface area (Å²) in [5.74, 6) is 1.39. The van der Waals surface area contributed by atoms with E-state index in [1.165, 1.54) is 6.33 Å². The molecule has 1 fully saturated rings. The standard InChI is InChI=1S/C15H21N5O/c1-10(2)12-8-20(7-6-19(12)3)14-13-11(4-5-16-14)15(21)18-9-17-13/h4-5,9-10,12H,6-8H2,1-3H3,(H,17,18,21)/t12-/m1/s1. The Balaban J connectivity index is 2.01. The fraction of sp³-hybridized carbons (Fsp3) is 0.533. The summed E-state index contributed by atoms with van der Waals surface area (Å²) in [7, 11) is 2.17. The Bertz CT molecular complexity index is 696. The summed E-state index contributed by atoms with van der Waals surface area (Å²) >= 11 is 0. The van der Waals surface area contributed by atoms with E-state index in [1.807, 2.05) is 0 Å². The van der Waals surface area contributed by atoms with Gasteiger partial charge in [0.25, 0.3) is 5.56 Å². The molecule has 0 aliphatic carbocycles. The van der Waals surface area contributed by atoms with Crippen LogP contribution in [0, 0.1) is 5.92 Å². The molecule has 2 aromatic rings. The molecule has 1 aliphatic rings. The summed E-state index contributed by atoms with van der Waals surface area (Å²) < 4.78 is 0. The van der Waals surface area contributed by atoms with E-state index in [9.17, 15) is 4.79 Å². The maximum atomic E-state index is 11.9. The topological polar surface area (TPSA) is 65.1 Å². The second-order valence-electron chi connectivity index (χ2n) is 6.00. The molecule has 1 atom stereocenters. The zero-order valence-electron chi connectivity index (χ0n) is 12.7. The quantitative estimate of drug-likeness (QED) is 0.896. The van der Waals surface area contributed by atoms with Crippen LogP contribution in [0.4, 0.5) is 5.82 Å². The average Bonchev–Trinajstić information content (AvgIpc) is 2.47. The van der Waals surface area contributed by atoms with Crippen molar-refractivity contribution in [1.29, 1.82) is 0 Å². The molecule has 0 radical (unpaired) electrons. The van der Waals surface area contributed by atoms with Crippen molar-refractivity contribution in [3.8, 4) is 0 Å². The van der Waals surface area contributed by atoms with Crippen molar-refractivity contribution < 1.29 is 0 Å². The summed E-state index contributed by atoms with van der Waals surface area (Å²) in [5.41, 5.74) is 0.575. The van der Waals surface area contributed by atoms with Crippen molar-refractivity contribution in [3.05, 3.63) is 28.9 Å². The molecule has 1 saturated heterocycles. The molecule has 6 nitrogen and oxygen atoms in total. The van der Waals surface area contributed by atoms with Crippen LogP contribution < -0.4 is 10.5 Å². The van der Waals surface area contributed by atoms with Gasteiger partial charge in [-0.2, -0.15) is 0 Å². The molecule has 0 unspecified atom stereocenters. The average molecular weight is 287 g/mol. The van der Waals surface area contributed by atoms with Gasteiger partial charge in [-0.25, -0.2) is 9.97 Å². The molecule has 0 aromatic carbocycles. The largest absolute Gasteiger partial charge is 0.352 e. The molecule has 1 N–H and O–H groups in total. The molecule has 0 amide bonds. The molecule has 6 heteroatoms. The number of pyridine rings is 1. The number of hydrogen-bond donors (Lipinski definition) is 1. The minimum Gasteiger partial charge on any atom is -0.352 e. The molecule has 0 spiro atoms. The Kier molecular flexibility index (Phi) is 3.63. The Hall–Kier alpha value is -1.95. The third-order valence-corrected chi connectivity index (χ3v) is 4.30. The summed E-state index contributed by atoms with van der Waals surface area (Å²) in [4.78, 5) is 28.0. The van der Waals surface area contributed by atoms with Crippen molar-refractivity contribution in [2.75, 3.05) is 31.6 Å². The molecule has 1 aliphatic heterocycles. The smallest absolute Gasteiger partial charge is 0.258 e. The first-order chi connectivity index (χ1) is 10.1. The van der Waals surface area contributed by atoms with Crippen LogP contribution in [0.1, 0.15) is 13.8 Å². The Morgan fingerprint density at radius 1 is 1.33 bits per heavy atom. The highest BCUT2D eigenvalue weighted by Crippen LogP contribution is 2.24. The van der Waals surface area contributed by atoms with Gasteiger partial charge < -0.3 is 9.88 Å². The molecule has 3 heterocycles. The number of likely N-dealkylation sites (N-methyl/N-ethyl adjacent to an activating group) is 1. The van der Waals surface area contributed by atoms with Crippen LogP contribution in [-0.2, 0) is 0 Å². The molecular weight excluding hydrogens is 266 g/mol. The lowest BCUT2D eigenvalue weighted by atomic mass is 10.00. The maximum Gasteiger partial charge on any atom is 0.258 e. The molecular formula is C15H21N5O. The number of piperazine rings is 1. The maximum absolute atomic E-state index is 11.9. The molecule has 3 rings (SSSR count). The zero-order valence-corrected chi connectivity index (χ0v) is 12.7. The SMILES string of the molecule is CC(C)[C@H]1CN(c2nccc3c(=O)[nH]cnc23)CCN1C. The van der Waals surface area contributed by atoms with Crippen molar-refractivity contribution in [2.24, 2.45) is 5.92 Å².